The van der Waals surface area contributed by atoms with Crippen molar-refractivity contribution in [1.29, 1.82) is 0 Å². The lowest BCUT2D eigenvalue weighted by molar-refractivity contribution is -0.137. The highest BCUT2D eigenvalue weighted by Crippen LogP contribution is 2.29. The van der Waals surface area contributed by atoms with Crippen LogP contribution in [0.25, 0.3) is 0 Å². The van der Waals surface area contributed by atoms with Gasteiger partial charge in [-0.3, -0.25) is 9.00 Å². The third-order valence-corrected chi connectivity index (χ3v) is 3.77. The molecule has 0 saturated carbocycles. The maximum Gasteiger partial charge on any atom is 0.416 e. The normalized spacial score (nSPS) is 12.7. The van der Waals surface area contributed by atoms with Gasteiger partial charge in [-0.1, -0.05) is 12.1 Å². The van der Waals surface area contributed by atoms with Crippen molar-refractivity contribution in [2.75, 3.05) is 11.6 Å². The molecule has 0 fully saturated rings. The number of carbonyl (C=O) groups is 1. The molecule has 0 radical (unpaired) electrons. The number of anilines is 1. The van der Waals surface area contributed by atoms with Gasteiger partial charge in [0.25, 0.3) is 5.91 Å². The molecular weight excluding hydrogens is 327 g/mol. The summed E-state index contributed by atoms with van der Waals surface area (Å²) >= 11 is 0. The number of carbonyl (C=O) groups excluding carboxylic acids is 1. The SMILES string of the molecule is C[S@](=O)Cc1cccc(NC(=O)c2ccc(C(F)(F)F)cc2)c1. The van der Waals surface area contributed by atoms with Crippen LogP contribution in [0.1, 0.15) is 21.5 Å². The van der Waals surface area contributed by atoms with E-state index in [1.807, 2.05) is 0 Å². The van der Waals surface area contributed by atoms with E-state index < -0.39 is 28.4 Å². The van der Waals surface area contributed by atoms with E-state index in [0.29, 0.717) is 11.4 Å². The second kappa shape index (κ2) is 6.95. The Bertz CT molecular complexity index is 727. The third kappa shape index (κ3) is 4.92. The molecule has 1 atom stereocenters. The van der Waals surface area contributed by atoms with Gasteiger partial charge in [0.2, 0.25) is 0 Å². The summed E-state index contributed by atoms with van der Waals surface area (Å²) < 4.78 is 48.7. The third-order valence-electron chi connectivity index (χ3n) is 3.03. The van der Waals surface area contributed by atoms with Crippen LogP contribution in [0.3, 0.4) is 0 Å². The molecule has 0 bridgehead atoms. The summed E-state index contributed by atoms with van der Waals surface area (Å²) in [5.74, 6) is -0.141. The van der Waals surface area contributed by atoms with E-state index in [9.17, 15) is 22.2 Å². The molecule has 2 rings (SSSR count). The Morgan fingerprint density at radius 2 is 1.78 bits per heavy atom. The van der Waals surface area contributed by atoms with Gasteiger partial charge in [0.05, 0.1) is 5.56 Å². The molecule has 0 aliphatic carbocycles. The van der Waals surface area contributed by atoms with E-state index >= 15 is 0 Å². The van der Waals surface area contributed by atoms with E-state index in [1.165, 1.54) is 0 Å². The van der Waals surface area contributed by atoms with Crippen LogP contribution < -0.4 is 5.32 Å². The molecule has 2 aromatic carbocycles. The van der Waals surface area contributed by atoms with Gasteiger partial charge in [-0.2, -0.15) is 13.2 Å². The van der Waals surface area contributed by atoms with E-state index in [4.69, 9.17) is 0 Å². The highest BCUT2D eigenvalue weighted by Gasteiger charge is 2.30. The number of amides is 1. The van der Waals surface area contributed by atoms with Crippen molar-refractivity contribution < 1.29 is 22.2 Å². The Morgan fingerprint density at radius 1 is 1.13 bits per heavy atom. The Morgan fingerprint density at radius 3 is 2.35 bits per heavy atom. The molecule has 0 spiro atoms. The summed E-state index contributed by atoms with van der Waals surface area (Å²) in [6.07, 6.45) is -2.85. The summed E-state index contributed by atoms with van der Waals surface area (Å²) in [7, 11) is -1.00. The summed E-state index contributed by atoms with van der Waals surface area (Å²) in [5, 5.41) is 2.61. The zero-order valence-electron chi connectivity index (χ0n) is 12.2. The van der Waals surface area contributed by atoms with Gasteiger partial charge >= 0.3 is 6.18 Å². The number of hydrogen-bond donors (Lipinski definition) is 1. The number of halogens is 3. The van der Waals surface area contributed by atoms with Gasteiger partial charge in [-0.15, -0.1) is 0 Å². The van der Waals surface area contributed by atoms with Crippen LogP contribution in [0, 0.1) is 0 Å². The van der Waals surface area contributed by atoms with Gasteiger partial charge in [0, 0.05) is 34.1 Å². The first-order valence-corrected chi connectivity index (χ1v) is 8.36. The molecule has 23 heavy (non-hydrogen) atoms. The molecule has 3 nitrogen and oxygen atoms in total. The zero-order chi connectivity index (χ0) is 17.0. The molecule has 0 aliphatic rings. The van der Waals surface area contributed by atoms with E-state index in [1.54, 1.807) is 30.5 Å². The molecule has 1 N–H and O–H groups in total. The van der Waals surface area contributed by atoms with Gasteiger partial charge in [0.1, 0.15) is 0 Å². The minimum atomic E-state index is -4.43. The van der Waals surface area contributed by atoms with E-state index in [2.05, 4.69) is 5.32 Å². The first-order valence-electron chi connectivity index (χ1n) is 6.63. The van der Waals surface area contributed by atoms with E-state index in [0.717, 1.165) is 29.8 Å². The van der Waals surface area contributed by atoms with Crippen LogP contribution in [0.2, 0.25) is 0 Å². The number of hydrogen-bond acceptors (Lipinski definition) is 2. The van der Waals surface area contributed by atoms with Gasteiger partial charge in [-0.25, -0.2) is 0 Å². The standard InChI is InChI=1S/C16H14F3NO2S/c1-23(22)10-11-3-2-4-14(9-11)20-15(21)12-5-7-13(8-6-12)16(17,18)19/h2-9H,10H2,1H3,(H,20,21)/t23-/m0/s1. The molecule has 0 unspecified atom stereocenters. The second-order valence-electron chi connectivity index (χ2n) is 4.95. The Kier molecular flexibility index (Phi) is 5.20. The Labute approximate surface area is 134 Å². The van der Waals surface area contributed by atoms with Crippen molar-refractivity contribution in [1.82, 2.24) is 0 Å². The predicted octanol–water partition coefficient (Wildman–Crippen LogP) is 3.84. The summed E-state index contributed by atoms with van der Waals surface area (Å²) in [6.45, 7) is 0. The minimum Gasteiger partial charge on any atom is -0.322 e. The average molecular weight is 341 g/mol. The van der Waals surface area contributed by atoms with Crippen molar-refractivity contribution in [3.05, 3.63) is 65.2 Å². The fourth-order valence-electron chi connectivity index (χ4n) is 1.99. The van der Waals surface area contributed by atoms with Gasteiger partial charge < -0.3 is 5.32 Å². The molecular formula is C16H14F3NO2S. The fourth-order valence-corrected chi connectivity index (χ4v) is 2.64. The molecule has 0 saturated heterocycles. The van der Waals surface area contributed by atoms with Crippen molar-refractivity contribution in [2.45, 2.75) is 11.9 Å². The Balaban J connectivity index is 2.11. The van der Waals surface area contributed by atoms with Crippen LogP contribution in [-0.4, -0.2) is 16.4 Å². The quantitative estimate of drug-likeness (QED) is 0.918. The van der Waals surface area contributed by atoms with Crippen molar-refractivity contribution in [3.8, 4) is 0 Å². The van der Waals surface area contributed by atoms with Gasteiger partial charge in [0.15, 0.2) is 0 Å². The minimum absolute atomic E-state index is 0.127. The van der Waals surface area contributed by atoms with Crippen molar-refractivity contribution >= 4 is 22.4 Å². The zero-order valence-corrected chi connectivity index (χ0v) is 13.0. The molecule has 0 heterocycles. The first kappa shape index (κ1) is 17.2. The summed E-state index contributed by atoms with van der Waals surface area (Å²) in [6, 6.07) is 10.8. The number of rotatable bonds is 4. The lowest BCUT2D eigenvalue weighted by Crippen LogP contribution is -2.13. The topological polar surface area (TPSA) is 46.2 Å². The number of benzene rings is 2. The van der Waals surface area contributed by atoms with Crippen molar-refractivity contribution in [2.24, 2.45) is 0 Å². The lowest BCUT2D eigenvalue weighted by Gasteiger charge is -2.09. The smallest absolute Gasteiger partial charge is 0.322 e. The highest BCUT2D eigenvalue weighted by molar-refractivity contribution is 7.83. The fraction of sp³-hybridized carbons (Fsp3) is 0.188. The Hall–Kier alpha value is -2.15. The molecule has 122 valence electrons. The van der Waals surface area contributed by atoms with Crippen LogP contribution in [-0.2, 0) is 22.7 Å². The monoisotopic (exact) mass is 341 g/mol. The van der Waals surface area contributed by atoms with Crippen LogP contribution in [0.15, 0.2) is 48.5 Å². The average Bonchev–Trinajstić information content (AvgIpc) is 2.46. The molecule has 0 aromatic heterocycles. The number of nitrogens with one attached hydrogen (secondary N) is 1. The summed E-state index contributed by atoms with van der Waals surface area (Å²) in [4.78, 5) is 12.1. The lowest BCUT2D eigenvalue weighted by atomic mass is 10.1. The molecule has 1 amide bonds. The van der Waals surface area contributed by atoms with Crippen LogP contribution >= 0.6 is 0 Å². The maximum absolute atomic E-state index is 12.5. The van der Waals surface area contributed by atoms with E-state index in [-0.39, 0.29) is 5.56 Å². The summed E-state index contributed by atoms with van der Waals surface area (Å²) in [5.41, 5.74) is 0.623. The second-order valence-corrected chi connectivity index (χ2v) is 6.38. The molecule has 7 heteroatoms. The highest BCUT2D eigenvalue weighted by atomic mass is 32.2. The van der Waals surface area contributed by atoms with Crippen molar-refractivity contribution in [3.63, 3.8) is 0 Å². The first-order chi connectivity index (χ1) is 10.8. The van der Waals surface area contributed by atoms with Crippen LogP contribution in [0.5, 0.6) is 0 Å². The molecule has 0 aliphatic heterocycles. The number of alkyl halides is 3. The molecule has 2 aromatic rings. The largest absolute Gasteiger partial charge is 0.416 e. The predicted molar refractivity (Wildman–Crippen MR) is 83.6 cm³/mol. The maximum atomic E-state index is 12.5. The van der Waals surface area contributed by atoms with Crippen LogP contribution in [0.4, 0.5) is 18.9 Å². The van der Waals surface area contributed by atoms with Gasteiger partial charge in [-0.05, 0) is 42.0 Å².